The molecule has 1 saturated heterocycles. The fourth-order valence-electron chi connectivity index (χ4n) is 3.23. The Kier molecular flexibility index (Phi) is 3.78. The fourth-order valence-corrected chi connectivity index (χ4v) is 3.23. The maximum absolute atomic E-state index is 12.7. The molecule has 124 valence electrons. The number of fused-ring (bicyclic) bond motifs is 1. The van der Waals surface area contributed by atoms with Gasteiger partial charge in [0.15, 0.2) is 0 Å². The number of benzene rings is 1. The summed E-state index contributed by atoms with van der Waals surface area (Å²) in [6.45, 7) is 0.620. The number of nitrogens with one attached hydrogen (secondary N) is 2. The summed E-state index contributed by atoms with van der Waals surface area (Å²) in [5.74, 6) is -0.0829. The summed E-state index contributed by atoms with van der Waals surface area (Å²) in [6, 6.07) is 5.69. The van der Waals surface area contributed by atoms with Crippen LogP contribution >= 0.6 is 0 Å². The van der Waals surface area contributed by atoms with Crippen molar-refractivity contribution in [2.75, 3.05) is 6.61 Å². The van der Waals surface area contributed by atoms with Crippen molar-refractivity contribution >= 4 is 16.8 Å². The number of rotatable bonds is 3. The molecule has 7 nitrogen and oxygen atoms in total. The summed E-state index contributed by atoms with van der Waals surface area (Å²) >= 11 is 0. The molecule has 2 atom stereocenters. The van der Waals surface area contributed by atoms with E-state index in [-0.39, 0.29) is 18.1 Å². The number of carbonyl (C=O) groups is 1. The van der Waals surface area contributed by atoms with Gasteiger partial charge in [-0.1, -0.05) is 12.1 Å². The summed E-state index contributed by atoms with van der Waals surface area (Å²) in [5, 5.41) is 11.0. The number of nitrogens with zero attached hydrogens (tertiary/aromatic N) is 3. The Labute approximate surface area is 139 Å². The van der Waals surface area contributed by atoms with E-state index in [0.29, 0.717) is 12.2 Å². The predicted molar refractivity (Wildman–Crippen MR) is 88.5 cm³/mol. The van der Waals surface area contributed by atoms with Crippen molar-refractivity contribution < 1.29 is 9.53 Å². The summed E-state index contributed by atoms with van der Waals surface area (Å²) in [4.78, 5) is 16.8. The molecule has 0 radical (unpaired) electrons. The number of aryl methyl sites for hydroxylation is 1. The number of imidazole rings is 1. The lowest BCUT2D eigenvalue weighted by Gasteiger charge is -2.30. The number of aromatic amines is 1. The molecular formula is C17H19N5O2. The Balaban J connectivity index is 1.49. The van der Waals surface area contributed by atoms with Crippen LogP contribution in [0.15, 0.2) is 36.9 Å². The molecule has 0 aliphatic carbocycles. The summed E-state index contributed by atoms with van der Waals surface area (Å²) in [5.41, 5.74) is 2.42. The first-order chi connectivity index (χ1) is 11.7. The van der Waals surface area contributed by atoms with Gasteiger partial charge < -0.3 is 14.6 Å². The molecule has 1 aliphatic rings. The molecule has 0 saturated carbocycles. The number of hydrogen-bond donors (Lipinski definition) is 2. The van der Waals surface area contributed by atoms with Crippen LogP contribution in [-0.2, 0) is 11.8 Å². The van der Waals surface area contributed by atoms with Crippen molar-refractivity contribution in [3.05, 3.63) is 48.2 Å². The second kappa shape index (κ2) is 6.09. The smallest absolute Gasteiger partial charge is 0.253 e. The third-order valence-electron chi connectivity index (χ3n) is 4.52. The summed E-state index contributed by atoms with van der Waals surface area (Å²) in [7, 11) is 1.95. The monoisotopic (exact) mass is 325 g/mol. The Morgan fingerprint density at radius 2 is 2.33 bits per heavy atom. The molecule has 0 bridgehead atoms. The first-order valence-corrected chi connectivity index (χ1v) is 8.03. The number of hydrogen-bond acceptors (Lipinski definition) is 4. The molecule has 24 heavy (non-hydrogen) atoms. The van der Waals surface area contributed by atoms with E-state index in [0.717, 1.165) is 29.4 Å². The molecular weight excluding hydrogens is 306 g/mol. The van der Waals surface area contributed by atoms with Crippen molar-refractivity contribution in [1.82, 2.24) is 25.1 Å². The van der Waals surface area contributed by atoms with Crippen LogP contribution in [0, 0.1) is 0 Å². The molecule has 1 fully saturated rings. The number of ether oxygens (including phenoxy) is 1. The van der Waals surface area contributed by atoms with E-state index in [1.807, 2.05) is 36.0 Å². The van der Waals surface area contributed by atoms with E-state index >= 15 is 0 Å². The van der Waals surface area contributed by atoms with Crippen LogP contribution in [0.25, 0.3) is 10.9 Å². The van der Waals surface area contributed by atoms with Crippen molar-refractivity contribution in [3.63, 3.8) is 0 Å². The Morgan fingerprint density at radius 1 is 1.42 bits per heavy atom. The third-order valence-corrected chi connectivity index (χ3v) is 4.52. The lowest BCUT2D eigenvalue weighted by molar-refractivity contribution is -0.00300. The SMILES string of the molecule is Cn1cncc1[C@@H]1C[C@@H](NC(=O)c2cccc3cn[nH]c23)CCO1. The van der Waals surface area contributed by atoms with E-state index in [2.05, 4.69) is 20.5 Å². The van der Waals surface area contributed by atoms with E-state index in [1.165, 1.54) is 0 Å². The van der Waals surface area contributed by atoms with Crippen LogP contribution in [0.5, 0.6) is 0 Å². The van der Waals surface area contributed by atoms with Crippen LogP contribution in [0.4, 0.5) is 0 Å². The lowest BCUT2D eigenvalue weighted by Crippen LogP contribution is -2.40. The molecule has 0 unspecified atom stereocenters. The molecule has 2 N–H and O–H groups in total. The van der Waals surface area contributed by atoms with E-state index in [9.17, 15) is 4.79 Å². The number of aromatic nitrogens is 4. The zero-order chi connectivity index (χ0) is 16.5. The van der Waals surface area contributed by atoms with Crippen molar-refractivity contribution in [2.24, 2.45) is 7.05 Å². The second-order valence-corrected chi connectivity index (χ2v) is 6.12. The maximum Gasteiger partial charge on any atom is 0.253 e. The van der Waals surface area contributed by atoms with E-state index in [1.54, 1.807) is 12.5 Å². The minimum Gasteiger partial charge on any atom is -0.372 e. The van der Waals surface area contributed by atoms with E-state index < -0.39 is 0 Å². The second-order valence-electron chi connectivity index (χ2n) is 6.12. The van der Waals surface area contributed by atoms with Gasteiger partial charge >= 0.3 is 0 Å². The number of para-hydroxylation sites is 1. The van der Waals surface area contributed by atoms with Crippen LogP contribution < -0.4 is 5.32 Å². The van der Waals surface area contributed by atoms with Crippen LogP contribution in [0.1, 0.15) is 35.0 Å². The zero-order valence-electron chi connectivity index (χ0n) is 13.4. The highest BCUT2D eigenvalue weighted by Crippen LogP contribution is 2.28. The Morgan fingerprint density at radius 3 is 3.17 bits per heavy atom. The van der Waals surface area contributed by atoms with Gasteiger partial charge in [-0.15, -0.1) is 0 Å². The van der Waals surface area contributed by atoms with Crippen LogP contribution in [0.2, 0.25) is 0 Å². The average molecular weight is 325 g/mol. The minimum atomic E-state index is -0.0829. The topological polar surface area (TPSA) is 84.8 Å². The van der Waals surface area contributed by atoms with Gasteiger partial charge in [0, 0.05) is 25.1 Å². The van der Waals surface area contributed by atoms with Gasteiger partial charge in [-0.05, 0) is 18.9 Å². The first kappa shape index (κ1) is 14.9. The summed E-state index contributed by atoms with van der Waals surface area (Å²) in [6.07, 6.45) is 6.81. The lowest BCUT2D eigenvalue weighted by atomic mass is 10.0. The average Bonchev–Trinajstić information content (AvgIpc) is 3.23. The number of amides is 1. The predicted octanol–water partition coefficient (Wildman–Crippen LogP) is 1.95. The van der Waals surface area contributed by atoms with Gasteiger partial charge in [0.2, 0.25) is 0 Å². The van der Waals surface area contributed by atoms with Crippen molar-refractivity contribution in [1.29, 1.82) is 0 Å². The molecule has 2 aromatic heterocycles. The van der Waals surface area contributed by atoms with Gasteiger partial charge in [0.1, 0.15) is 6.10 Å². The van der Waals surface area contributed by atoms with Gasteiger partial charge in [0.25, 0.3) is 5.91 Å². The third kappa shape index (κ3) is 2.67. The Hall–Kier alpha value is -2.67. The maximum atomic E-state index is 12.7. The minimum absolute atomic E-state index is 0.0421. The van der Waals surface area contributed by atoms with Crippen molar-refractivity contribution in [2.45, 2.75) is 25.0 Å². The fraction of sp³-hybridized carbons (Fsp3) is 0.353. The van der Waals surface area contributed by atoms with Gasteiger partial charge in [0.05, 0.1) is 35.5 Å². The zero-order valence-corrected chi connectivity index (χ0v) is 13.4. The molecule has 3 aromatic rings. The highest BCUT2D eigenvalue weighted by molar-refractivity contribution is 6.05. The highest BCUT2D eigenvalue weighted by atomic mass is 16.5. The quantitative estimate of drug-likeness (QED) is 0.771. The molecule has 1 aliphatic heterocycles. The molecule has 1 amide bonds. The van der Waals surface area contributed by atoms with Gasteiger partial charge in [-0.3, -0.25) is 9.89 Å². The van der Waals surface area contributed by atoms with Crippen LogP contribution in [0.3, 0.4) is 0 Å². The molecule has 4 rings (SSSR count). The molecule has 0 spiro atoms. The first-order valence-electron chi connectivity index (χ1n) is 8.03. The highest BCUT2D eigenvalue weighted by Gasteiger charge is 2.27. The van der Waals surface area contributed by atoms with Gasteiger partial charge in [-0.25, -0.2) is 4.98 Å². The van der Waals surface area contributed by atoms with Crippen molar-refractivity contribution in [3.8, 4) is 0 Å². The normalized spacial score (nSPS) is 21.0. The molecule has 7 heteroatoms. The standard InChI is InChI=1S/C17H19N5O2/c1-22-10-18-9-14(22)15-7-12(5-6-24-15)20-17(23)13-4-2-3-11-8-19-21-16(11)13/h2-4,8-10,12,15H,5-7H2,1H3,(H,19,21)(H,20,23)/t12-,15-/m0/s1. The van der Waals surface area contributed by atoms with E-state index in [4.69, 9.17) is 4.74 Å². The largest absolute Gasteiger partial charge is 0.372 e. The van der Waals surface area contributed by atoms with Crippen LogP contribution in [-0.4, -0.2) is 38.3 Å². The van der Waals surface area contributed by atoms with Gasteiger partial charge in [-0.2, -0.15) is 5.10 Å². The Bertz CT molecular complexity index is 869. The summed E-state index contributed by atoms with van der Waals surface area (Å²) < 4.78 is 7.81. The molecule has 1 aromatic carbocycles. The molecule has 3 heterocycles. The number of H-pyrrole nitrogens is 1. The number of carbonyl (C=O) groups excluding carboxylic acids is 1.